The van der Waals surface area contributed by atoms with Gasteiger partial charge in [0.05, 0.1) is 0 Å². The molecule has 0 aromatic carbocycles. The van der Waals surface area contributed by atoms with Gasteiger partial charge in [0.25, 0.3) is 0 Å². The van der Waals surface area contributed by atoms with Gasteiger partial charge in [0, 0.05) is 0 Å². The van der Waals surface area contributed by atoms with Crippen molar-refractivity contribution in [1.82, 2.24) is 0 Å². The Morgan fingerprint density at radius 3 is 2.13 bits per heavy atom. The molecule has 1 rings (SSSR count). The normalized spacial score (nSPS) is 21.1. The van der Waals surface area contributed by atoms with Crippen LogP contribution in [-0.2, 0) is 0 Å². The van der Waals surface area contributed by atoms with E-state index in [9.17, 15) is 0 Å². The van der Waals surface area contributed by atoms with E-state index in [1.807, 2.05) is 13.8 Å². The maximum atomic E-state index is 2.35. The van der Waals surface area contributed by atoms with Crippen LogP contribution in [0.3, 0.4) is 0 Å². The first-order chi connectivity index (χ1) is 6.96. The second-order valence-electron chi connectivity index (χ2n) is 5.08. The lowest BCUT2D eigenvalue weighted by molar-refractivity contribution is 0.426. The minimum Gasteiger partial charge on any atom is -0.0837 e. The van der Waals surface area contributed by atoms with Crippen molar-refractivity contribution < 1.29 is 0 Å². The van der Waals surface area contributed by atoms with Crippen LogP contribution in [0.5, 0.6) is 0 Å². The van der Waals surface area contributed by atoms with Crippen LogP contribution in [0.15, 0.2) is 23.3 Å². The fourth-order valence-electron chi connectivity index (χ4n) is 2.47. The van der Waals surface area contributed by atoms with E-state index < -0.39 is 0 Å². The second-order valence-corrected chi connectivity index (χ2v) is 5.08. The lowest BCUT2D eigenvalue weighted by Gasteiger charge is -2.32. The van der Waals surface area contributed by atoms with Gasteiger partial charge >= 0.3 is 0 Å². The van der Waals surface area contributed by atoms with E-state index in [2.05, 4.69) is 46.8 Å². The molecule has 0 unspecified atom stereocenters. The summed E-state index contributed by atoms with van der Waals surface area (Å²) in [7, 11) is 0. The van der Waals surface area contributed by atoms with Gasteiger partial charge in [-0.3, -0.25) is 0 Å². The fraction of sp³-hybridized carbons (Fsp3) is 0.733. The first-order valence-corrected chi connectivity index (χ1v) is 6.37. The van der Waals surface area contributed by atoms with E-state index in [4.69, 9.17) is 0 Å². The van der Waals surface area contributed by atoms with Gasteiger partial charge in [0.1, 0.15) is 0 Å². The number of allylic oxidation sites excluding steroid dienone is 4. The number of rotatable bonds is 1. The van der Waals surface area contributed by atoms with Crippen molar-refractivity contribution in [3.63, 3.8) is 0 Å². The molecule has 1 aliphatic carbocycles. The van der Waals surface area contributed by atoms with Crippen molar-refractivity contribution in [2.45, 2.75) is 61.3 Å². The smallest absolute Gasteiger partial charge is 0.0164 e. The van der Waals surface area contributed by atoms with E-state index in [1.54, 1.807) is 11.1 Å². The standard InChI is InChI=1S/C13H22.C2H6/c1-6-11-9-7-8-10(2)12(11)13(3,4)5;1-2/h7,9-10H,6,8H2,1-5H3;1-2H3/t10-;/m1./s1. The minimum absolute atomic E-state index is 0.343. The van der Waals surface area contributed by atoms with Gasteiger partial charge in [-0.2, -0.15) is 0 Å². The molecule has 0 fully saturated rings. The molecular weight excluding hydrogens is 180 g/mol. The molecule has 0 aromatic rings. The van der Waals surface area contributed by atoms with E-state index >= 15 is 0 Å². The monoisotopic (exact) mass is 208 g/mol. The molecule has 0 saturated heterocycles. The van der Waals surface area contributed by atoms with Crippen molar-refractivity contribution in [2.75, 3.05) is 0 Å². The maximum absolute atomic E-state index is 2.35. The zero-order valence-corrected chi connectivity index (χ0v) is 11.6. The Balaban J connectivity index is 0.000000921. The van der Waals surface area contributed by atoms with Gasteiger partial charge in [-0.15, -0.1) is 0 Å². The highest BCUT2D eigenvalue weighted by Gasteiger charge is 2.25. The molecule has 0 N–H and O–H groups in total. The van der Waals surface area contributed by atoms with Crippen LogP contribution < -0.4 is 0 Å². The Labute approximate surface area is 96.5 Å². The van der Waals surface area contributed by atoms with Gasteiger partial charge in [-0.25, -0.2) is 0 Å². The molecule has 0 heteroatoms. The van der Waals surface area contributed by atoms with Crippen LogP contribution in [0.1, 0.15) is 61.3 Å². The average molecular weight is 208 g/mol. The molecule has 1 aliphatic rings. The minimum atomic E-state index is 0.343. The Morgan fingerprint density at radius 2 is 1.80 bits per heavy atom. The summed E-state index contributed by atoms with van der Waals surface area (Å²) in [6.45, 7) is 15.6. The van der Waals surface area contributed by atoms with Gasteiger partial charge in [0.2, 0.25) is 0 Å². The fourth-order valence-corrected chi connectivity index (χ4v) is 2.47. The van der Waals surface area contributed by atoms with Crippen molar-refractivity contribution in [1.29, 1.82) is 0 Å². The van der Waals surface area contributed by atoms with Crippen molar-refractivity contribution in [2.24, 2.45) is 11.3 Å². The van der Waals surface area contributed by atoms with Crippen LogP contribution in [0.4, 0.5) is 0 Å². The SMILES string of the molecule is CC.CCC1=C(C(C)(C)C)[C@H](C)CC=C1. The van der Waals surface area contributed by atoms with Crippen LogP contribution in [0.2, 0.25) is 0 Å². The molecule has 0 aromatic heterocycles. The number of hydrogen-bond acceptors (Lipinski definition) is 0. The quantitative estimate of drug-likeness (QED) is 0.544. The second kappa shape index (κ2) is 6.15. The average Bonchev–Trinajstić information content (AvgIpc) is 2.18. The molecule has 0 amide bonds. The molecule has 0 heterocycles. The largest absolute Gasteiger partial charge is 0.0837 e. The zero-order chi connectivity index (χ0) is 12.1. The highest BCUT2D eigenvalue weighted by atomic mass is 14.3. The third-order valence-corrected chi connectivity index (χ3v) is 2.84. The van der Waals surface area contributed by atoms with E-state index in [0.29, 0.717) is 5.41 Å². The maximum Gasteiger partial charge on any atom is -0.0164 e. The lowest BCUT2D eigenvalue weighted by Crippen LogP contribution is -2.19. The summed E-state index contributed by atoms with van der Waals surface area (Å²) in [4.78, 5) is 0. The van der Waals surface area contributed by atoms with E-state index in [0.717, 1.165) is 5.92 Å². The van der Waals surface area contributed by atoms with Gasteiger partial charge in [-0.1, -0.05) is 66.2 Å². The molecular formula is C15H28. The first kappa shape index (κ1) is 14.5. The molecule has 0 spiro atoms. The first-order valence-electron chi connectivity index (χ1n) is 6.37. The van der Waals surface area contributed by atoms with Crippen LogP contribution in [0, 0.1) is 11.3 Å². The van der Waals surface area contributed by atoms with E-state index in [-0.39, 0.29) is 0 Å². The molecule has 0 bridgehead atoms. The summed E-state index contributed by atoms with van der Waals surface area (Å²) < 4.78 is 0. The highest BCUT2D eigenvalue weighted by molar-refractivity contribution is 5.34. The Morgan fingerprint density at radius 1 is 1.27 bits per heavy atom. The molecule has 15 heavy (non-hydrogen) atoms. The number of hydrogen-bond donors (Lipinski definition) is 0. The summed E-state index contributed by atoms with van der Waals surface area (Å²) in [6.07, 6.45) is 7.03. The van der Waals surface area contributed by atoms with E-state index in [1.165, 1.54) is 12.8 Å². The summed E-state index contributed by atoms with van der Waals surface area (Å²) in [5.41, 5.74) is 3.57. The highest BCUT2D eigenvalue weighted by Crippen LogP contribution is 2.39. The Bertz CT molecular complexity index is 235. The van der Waals surface area contributed by atoms with Crippen molar-refractivity contribution in [3.05, 3.63) is 23.3 Å². The molecule has 0 nitrogen and oxygen atoms in total. The van der Waals surface area contributed by atoms with Crippen LogP contribution in [0.25, 0.3) is 0 Å². The lowest BCUT2D eigenvalue weighted by atomic mass is 9.73. The molecule has 0 radical (unpaired) electrons. The summed E-state index contributed by atoms with van der Waals surface area (Å²) in [5.74, 6) is 0.736. The third-order valence-electron chi connectivity index (χ3n) is 2.84. The predicted molar refractivity (Wildman–Crippen MR) is 71.0 cm³/mol. The van der Waals surface area contributed by atoms with Gasteiger partial charge in [0.15, 0.2) is 0 Å². The predicted octanol–water partition coefficient (Wildman–Crippen LogP) is 5.36. The zero-order valence-electron chi connectivity index (χ0n) is 11.6. The molecule has 1 atom stereocenters. The van der Waals surface area contributed by atoms with Crippen molar-refractivity contribution in [3.8, 4) is 0 Å². The molecule has 0 aliphatic heterocycles. The third kappa shape index (κ3) is 3.85. The van der Waals surface area contributed by atoms with Crippen LogP contribution in [-0.4, -0.2) is 0 Å². The molecule has 0 saturated carbocycles. The van der Waals surface area contributed by atoms with Crippen molar-refractivity contribution >= 4 is 0 Å². The van der Waals surface area contributed by atoms with Gasteiger partial charge < -0.3 is 0 Å². The summed E-state index contributed by atoms with van der Waals surface area (Å²) in [6, 6.07) is 0. The van der Waals surface area contributed by atoms with Gasteiger partial charge in [-0.05, 0) is 29.7 Å². The topological polar surface area (TPSA) is 0 Å². The Hall–Kier alpha value is -0.520. The summed E-state index contributed by atoms with van der Waals surface area (Å²) >= 11 is 0. The summed E-state index contributed by atoms with van der Waals surface area (Å²) in [5, 5.41) is 0. The Kier molecular flexibility index (Phi) is 5.93. The molecule has 88 valence electrons. The van der Waals surface area contributed by atoms with Crippen LogP contribution >= 0.6 is 0 Å².